The summed E-state index contributed by atoms with van der Waals surface area (Å²) in [4.78, 5) is 4.04. The number of fused-ring (bicyclic) bond motifs is 1. The molecule has 0 aromatic carbocycles. The summed E-state index contributed by atoms with van der Waals surface area (Å²) < 4.78 is 2.00. The molecule has 1 N–H and O–H groups in total. The SMILES string of the molecule is CCNc1ccc2cncn2c1. The topological polar surface area (TPSA) is 29.3 Å². The normalized spacial score (nSPS) is 10.4. The molecule has 0 aliphatic heterocycles. The number of pyridine rings is 1. The van der Waals surface area contributed by atoms with E-state index in [0.717, 1.165) is 17.7 Å². The lowest BCUT2D eigenvalue weighted by molar-refractivity contribution is 1.13. The quantitative estimate of drug-likeness (QED) is 0.727. The Morgan fingerprint density at radius 1 is 1.50 bits per heavy atom. The molecule has 0 bridgehead atoms. The van der Waals surface area contributed by atoms with Gasteiger partial charge >= 0.3 is 0 Å². The monoisotopic (exact) mass is 161 g/mol. The van der Waals surface area contributed by atoms with Crippen LogP contribution in [0, 0.1) is 0 Å². The van der Waals surface area contributed by atoms with Crippen LogP contribution in [0.1, 0.15) is 6.92 Å². The summed E-state index contributed by atoms with van der Waals surface area (Å²) in [6, 6.07) is 4.10. The van der Waals surface area contributed by atoms with Gasteiger partial charge in [-0.1, -0.05) is 0 Å². The number of nitrogens with one attached hydrogen (secondary N) is 1. The summed E-state index contributed by atoms with van der Waals surface area (Å²) in [7, 11) is 0. The van der Waals surface area contributed by atoms with Gasteiger partial charge in [0.05, 0.1) is 23.7 Å². The molecular weight excluding hydrogens is 150 g/mol. The highest BCUT2D eigenvalue weighted by Crippen LogP contribution is 2.09. The first-order chi connectivity index (χ1) is 5.90. The van der Waals surface area contributed by atoms with E-state index in [1.807, 2.05) is 22.9 Å². The van der Waals surface area contributed by atoms with E-state index in [0.29, 0.717) is 0 Å². The van der Waals surface area contributed by atoms with Crippen LogP contribution in [0.3, 0.4) is 0 Å². The molecule has 2 rings (SSSR count). The number of hydrogen-bond donors (Lipinski definition) is 1. The van der Waals surface area contributed by atoms with Crippen molar-refractivity contribution >= 4 is 11.2 Å². The summed E-state index contributed by atoms with van der Waals surface area (Å²) >= 11 is 0. The van der Waals surface area contributed by atoms with Crippen LogP contribution >= 0.6 is 0 Å². The maximum Gasteiger partial charge on any atom is 0.0992 e. The lowest BCUT2D eigenvalue weighted by Gasteiger charge is -2.02. The van der Waals surface area contributed by atoms with E-state index in [-0.39, 0.29) is 0 Å². The fourth-order valence-electron chi connectivity index (χ4n) is 1.23. The van der Waals surface area contributed by atoms with E-state index in [1.165, 1.54) is 0 Å². The Hall–Kier alpha value is -1.51. The second-order valence-corrected chi connectivity index (χ2v) is 2.67. The fourth-order valence-corrected chi connectivity index (χ4v) is 1.23. The van der Waals surface area contributed by atoms with Gasteiger partial charge in [-0.05, 0) is 19.1 Å². The van der Waals surface area contributed by atoms with Gasteiger partial charge in [0.1, 0.15) is 0 Å². The van der Waals surface area contributed by atoms with E-state index in [4.69, 9.17) is 0 Å². The summed E-state index contributed by atoms with van der Waals surface area (Å²) in [6.45, 7) is 3.03. The molecule has 62 valence electrons. The highest BCUT2D eigenvalue weighted by molar-refractivity contribution is 5.52. The molecule has 0 radical (unpaired) electrons. The third-order valence-electron chi connectivity index (χ3n) is 1.79. The first-order valence-corrected chi connectivity index (χ1v) is 4.06. The van der Waals surface area contributed by atoms with E-state index in [2.05, 4.69) is 23.3 Å². The van der Waals surface area contributed by atoms with Crippen LogP contribution in [-0.2, 0) is 0 Å². The van der Waals surface area contributed by atoms with Crippen molar-refractivity contribution in [1.29, 1.82) is 0 Å². The van der Waals surface area contributed by atoms with Crippen molar-refractivity contribution in [2.45, 2.75) is 6.92 Å². The average molecular weight is 161 g/mol. The van der Waals surface area contributed by atoms with Crippen LogP contribution in [0.15, 0.2) is 30.9 Å². The molecule has 0 fully saturated rings. The Labute approximate surface area is 71.0 Å². The van der Waals surface area contributed by atoms with Crippen LogP contribution in [0.25, 0.3) is 5.52 Å². The smallest absolute Gasteiger partial charge is 0.0992 e. The lowest BCUT2D eigenvalue weighted by Crippen LogP contribution is -1.97. The average Bonchev–Trinajstić information content (AvgIpc) is 2.51. The number of rotatable bonds is 2. The van der Waals surface area contributed by atoms with Gasteiger partial charge in [0, 0.05) is 12.7 Å². The number of nitrogens with zero attached hydrogens (tertiary/aromatic N) is 2. The van der Waals surface area contributed by atoms with Crippen molar-refractivity contribution in [3.8, 4) is 0 Å². The van der Waals surface area contributed by atoms with Crippen molar-refractivity contribution in [2.75, 3.05) is 11.9 Å². The van der Waals surface area contributed by atoms with Gasteiger partial charge in [0.2, 0.25) is 0 Å². The molecule has 0 amide bonds. The van der Waals surface area contributed by atoms with E-state index < -0.39 is 0 Å². The van der Waals surface area contributed by atoms with Crippen LogP contribution in [0.2, 0.25) is 0 Å². The van der Waals surface area contributed by atoms with Gasteiger partial charge in [0.15, 0.2) is 0 Å². The van der Waals surface area contributed by atoms with Gasteiger partial charge in [-0.25, -0.2) is 4.98 Å². The highest BCUT2D eigenvalue weighted by Gasteiger charge is 1.93. The van der Waals surface area contributed by atoms with Crippen molar-refractivity contribution in [3.63, 3.8) is 0 Å². The van der Waals surface area contributed by atoms with Gasteiger partial charge in [-0.15, -0.1) is 0 Å². The zero-order valence-corrected chi connectivity index (χ0v) is 6.99. The Morgan fingerprint density at radius 2 is 2.42 bits per heavy atom. The molecule has 0 saturated carbocycles. The molecule has 3 heteroatoms. The molecule has 0 unspecified atom stereocenters. The molecule has 2 aromatic heterocycles. The van der Waals surface area contributed by atoms with Crippen LogP contribution < -0.4 is 5.32 Å². The summed E-state index contributed by atoms with van der Waals surface area (Å²) in [5.74, 6) is 0. The van der Waals surface area contributed by atoms with Crippen LogP contribution in [0.5, 0.6) is 0 Å². The number of imidazole rings is 1. The van der Waals surface area contributed by atoms with Crippen LogP contribution in [0.4, 0.5) is 5.69 Å². The third-order valence-corrected chi connectivity index (χ3v) is 1.79. The minimum atomic E-state index is 0.945. The second kappa shape index (κ2) is 2.85. The van der Waals surface area contributed by atoms with Crippen molar-refractivity contribution in [3.05, 3.63) is 30.9 Å². The Kier molecular flexibility index (Phi) is 1.70. The minimum absolute atomic E-state index is 0.945. The van der Waals surface area contributed by atoms with Crippen LogP contribution in [-0.4, -0.2) is 15.9 Å². The minimum Gasteiger partial charge on any atom is -0.384 e. The zero-order chi connectivity index (χ0) is 8.39. The summed E-state index contributed by atoms with van der Waals surface area (Å²) in [6.07, 6.45) is 5.68. The van der Waals surface area contributed by atoms with E-state index in [1.54, 1.807) is 6.33 Å². The van der Waals surface area contributed by atoms with Crippen molar-refractivity contribution in [1.82, 2.24) is 9.38 Å². The molecule has 0 atom stereocenters. The standard InChI is InChI=1S/C9H11N3/c1-2-11-8-3-4-9-5-10-7-12(9)6-8/h3-7,11H,2H2,1H3. The molecule has 2 heterocycles. The molecule has 12 heavy (non-hydrogen) atoms. The predicted molar refractivity (Wildman–Crippen MR) is 49.4 cm³/mol. The lowest BCUT2D eigenvalue weighted by atomic mass is 10.4. The Morgan fingerprint density at radius 3 is 3.25 bits per heavy atom. The molecule has 0 aliphatic rings. The van der Waals surface area contributed by atoms with Gasteiger partial charge in [-0.3, -0.25) is 0 Å². The molecule has 0 saturated heterocycles. The molecule has 2 aromatic rings. The van der Waals surface area contributed by atoms with Gasteiger partial charge in [-0.2, -0.15) is 0 Å². The number of anilines is 1. The maximum absolute atomic E-state index is 4.04. The Bertz CT molecular complexity index is 378. The molecular formula is C9H11N3. The zero-order valence-electron chi connectivity index (χ0n) is 6.99. The Balaban J connectivity index is 2.46. The van der Waals surface area contributed by atoms with Gasteiger partial charge < -0.3 is 9.72 Å². The number of aromatic nitrogens is 2. The van der Waals surface area contributed by atoms with E-state index >= 15 is 0 Å². The molecule has 0 spiro atoms. The number of hydrogen-bond acceptors (Lipinski definition) is 2. The first kappa shape index (κ1) is 7.16. The van der Waals surface area contributed by atoms with Gasteiger partial charge in [0.25, 0.3) is 0 Å². The predicted octanol–water partition coefficient (Wildman–Crippen LogP) is 1.77. The highest BCUT2D eigenvalue weighted by atomic mass is 15.0. The maximum atomic E-state index is 4.04. The van der Waals surface area contributed by atoms with E-state index in [9.17, 15) is 0 Å². The largest absolute Gasteiger partial charge is 0.384 e. The fraction of sp³-hybridized carbons (Fsp3) is 0.222. The first-order valence-electron chi connectivity index (χ1n) is 4.06. The summed E-state index contributed by atoms with van der Waals surface area (Å²) in [5, 5.41) is 3.24. The molecule has 0 aliphatic carbocycles. The second-order valence-electron chi connectivity index (χ2n) is 2.67. The van der Waals surface area contributed by atoms with Crippen molar-refractivity contribution < 1.29 is 0 Å². The summed E-state index contributed by atoms with van der Waals surface area (Å²) in [5.41, 5.74) is 2.25. The van der Waals surface area contributed by atoms with Crippen molar-refractivity contribution in [2.24, 2.45) is 0 Å². The molecule has 3 nitrogen and oxygen atoms in total. The third kappa shape index (κ3) is 1.13.